The molecule has 1 heteroatoms. The summed E-state index contributed by atoms with van der Waals surface area (Å²) in [6.45, 7) is 15.5. The summed E-state index contributed by atoms with van der Waals surface area (Å²) in [6.07, 6.45) is 0. The van der Waals surface area contributed by atoms with Crippen molar-refractivity contribution in [3.05, 3.63) is 47.5 Å². The molecule has 0 unspecified atom stereocenters. The lowest BCUT2D eigenvalue weighted by Crippen LogP contribution is -1.92. The first kappa shape index (κ1) is 17.3. The second-order valence-electron chi connectivity index (χ2n) is 4.79. The Morgan fingerprint density at radius 2 is 1.10 bits per heavy atom. The number of hydrogen-bond donors (Lipinski definition) is 0. The van der Waals surface area contributed by atoms with Gasteiger partial charge in [-0.15, -0.1) is 0 Å². The minimum atomic E-state index is 1.02. The first-order valence-corrected chi connectivity index (χ1v) is 8.20. The molecule has 0 bridgehead atoms. The zero-order chi connectivity index (χ0) is 16.0. The Kier molecular flexibility index (Phi) is 6.48. The number of benzene rings is 2. The van der Waals surface area contributed by atoms with E-state index < -0.39 is 0 Å². The summed E-state index contributed by atoms with van der Waals surface area (Å²) in [4.78, 5) is 0. The van der Waals surface area contributed by atoms with Gasteiger partial charge in [-0.3, -0.25) is 0 Å². The van der Waals surface area contributed by atoms with Crippen LogP contribution in [0.5, 0.6) is 0 Å². The first-order chi connectivity index (χ1) is 10.2. The Bertz CT molecular complexity index is 645. The van der Waals surface area contributed by atoms with Crippen LogP contribution in [-0.2, 0) is 6.54 Å². The molecular formula is C20H29N. The fourth-order valence-corrected chi connectivity index (χ4v) is 2.67. The van der Waals surface area contributed by atoms with Crippen molar-refractivity contribution in [1.82, 2.24) is 4.57 Å². The maximum absolute atomic E-state index is 2.39. The van der Waals surface area contributed by atoms with Gasteiger partial charge in [0.25, 0.3) is 0 Å². The van der Waals surface area contributed by atoms with Crippen LogP contribution in [0.25, 0.3) is 21.8 Å². The summed E-state index contributed by atoms with van der Waals surface area (Å²) in [5, 5.41) is 2.76. The van der Waals surface area contributed by atoms with Crippen LogP contribution in [0.15, 0.2) is 36.4 Å². The van der Waals surface area contributed by atoms with E-state index >= 15 is 0 Å². The Morgan fingerprint density at radius 1 is 0.714 bits per heavy atom. The Balaban J connectivity index is 0.000000510. The molecule has 0 atom stereocenters. The summed E-state index contributed by atoms with van der Waals surface area (Å²) in [5.74, 6) is 0. The van der Waals surface area contributed by atoms with Crippen LogP contribution in [0.3, 0.4) is 0 Å². The fraction of sp³-hybridized carbons (Fsp3) is 0.400. The van der Waals surface area contributed by atoms with Crippen LogP contribution in [0.2, 0.25) is 0 Å². The molecule has 0 radical (unpaired) electrons. The molecule has 1 aromatic heterocycles. The first-order valence-electron chi connectivity index (χ1n) is 8.20. The molecule has 0 aliphatic carbocycles. The predicted octanol–water partition coefficient (Wildman–Crippen LogP) is 6.48. The SMILES string of the molecule is CC.CC.CCn1c2ccc(C)cc2c2cc(C)ccc21. The molecule has 0 N–H and O–H groups in total. The third-order valence-electron chi connectivity index (χ3n) is 3.49. The Labute approximate surface area is 129 Å². The largest absolute Gasteiger partial charge is 0.341 e. The van der Waals surface area contributed by atoms with Crippen LogP contribution in [-0.4, -0.2) is 4.57 Å². The smallest absolute Gasteiger partial charge is 0.0491 e. The van der Waals surface area contributed by atoms with Gasteiger partial charge in [-0.25, -0.2) is 0 Å². The van der Waals surface area contributed by atoms with Gasteiger partial charge < -0.3 is 4.57 Å². The second kappa shape index (κ2) is 7.87. The third-order valence-corrected chi connectivity index (χ3v) is 3.49. The van der Waals surface area contributed by atoms with E-state index in [0.29, 0.717) is 0 Å². The number of aryl methyl sites for hydroxylation is 3. The molecule has 1 nitrogen and oxygen atoms in total. The average molecular weight is 283 g/mol. The van der Waals surface area contributed by atoms with E-state index in [0.717, 1.165) is 6.54 Å². The zero-order valence-corrected chi connectivity index (χ0v) is 14.6. The van der Waals surface area contributed by atoms with Gasteiger partial charge in [0.2, 0.25) is 0 Å². The van der Waals surface area contributed by atoms with Crippen molar-refractivity contribution in [1.29, 1.82) is 0 Å². The van der Waals surface area contributed by atoms with E-state index in [4.69, 9.17) is 0 Å². The quantitative estimate of drug-likeness (QED) is 0.481. The van der Waals surface area contributed by atoms with E-state index in [-0.39, 0.29) is 0 Å². The van der Waals surface area contributed by atoms with E-state index in [2.05, 4.69) is 61.7 Å². The minimum absolute atomic E-state index is 1.02. The van der Waals surface area contributed by atoms with Gasteiger partial charge in [0.1, 0.15) is 0 Å². The second-order valence-corrected chi connectivity index (χ2v) is 4.79. The van der Waals surface area contributed by atoms with Crippen molar-refractivity contribution >= 4 is 21.8 Å². The van der Waals surface area contributed by atoms with Crippen molar-refractivity contribution in [3.8, 4) is 0 Å². The average Bonchev–Trinajstić information content (AvgIpc) is 2.83. The van der Waals surface area contributed by atoms with E-state index in [1.54, 1.807) is 0 Å². The van der Waals surface area contributed by atoms with E-state index in [1.807, 2.05) is 27.7 Å². The maximum atomic E-state index is 2.39. The standard InChI is InChI=1S/C16H17N.2C2H6/c1-4-17-15-7-5-11(2)9-13(15)14-10-12(3)6-8-16(14)17;2*1-2/h5-10H,4H2,1-3H3;2*1-2H3. The highest BCUT2D eigenvalue weighted by Gasteiger charge is 2.09. The van der Waals surface area contributed by atoms with Gasteiger partial charge >= 0.3 is 0 Å². The lowest BCUT2D eigenvalue weighted by atomic mass is 10.1. The van der Waals surface area contributed by atoms with Crippen molar-refractivity contribution in [2.24, 2.45) is 0 Å². The molecule has 1 heterocycles. The summed E-state index contributed by atoms with van der Waals surface area (Å²) in [5.41, 5.74) is 5.35. The molecule has 0 saturated heterocycles. The molecule has 0 spiro atoms. The number of fused-ring (bicyclic) bond motifs is 3. The molecular weight excluding hydrogens is 254 g/mol. The minimum Gasteiger partial charge on any atom is -0.341 e. The Hall–Kier alpha value is -1.76. The summed E-state index contributed by atoms with van der Waals surface area (Å²) < 4.78 is 2.39. The molecule has 21 heavy (non-hydrogen) atoms. The van der Waals surface area contributed by atoms with Gasteiger partial charge in [-0.05, 0) is 45.0 Å². The third kappa shape index (κ3) is 3.29. The summed E-state index contributed by atoms with van der Waals surface area (Å²) in [6, 6.07) is 13.5. The highest BCUT2D eigenvalue weighted by Crippen LogP contribution is 2.30. The molecule has 2 aromatic carbocycles. The highest BCUT2D eigenvalue weighted by molar-refractivity contribution is 6.08. The van der Waals surface area contributed by atoms with Crippen molar-refractivity contribution in [3.63, 3.8) is 0 Å². The van der Waals surface area contributed by atoms with Crippen molar-refractivity contribution in [2.45, 2.75) is 55.0 Å². The Morgan fingerprint density at radius 3 is 1.43 bits per heavy atom. The van der Waals surface area contributed by atoms with Gasteiger partial charge in [0.05, 0.1) is 0 Å². The van der Waals surface area contributed by atoms with Crippen LogP contribution < -0.4 is 0 Å². The van der Waals surface area contributed by atoms with Crippen LogP contribution in [0.1, 0.15) is 45.7 Å². The number of hydrogen-bond acceptors (Lipinski definition) is 0. The molecule has 0 fully saturated rings. The normalized spacial score (nSPS) is 9.86. The lowest BCUT2D eigenvalue weighted by Gasteiger charge is -2.02. The number of aromatic nitrogens is 1. The molecule has 114 valence electrons. The van der Waals surface area contributed by atoms with Crippen LogP contribution in [0.4, 0.5) is 0 Å². The summed E-state index contributed by atoms with van der Waals surface area (Å²) in [7, 11) is 0. The molecule has 0 amide bonds. The molecule has 3 rings (SSSR count). The maximum Gasteiger partial charge on any atom is 0.0491 e. The number of nitrogens with zero attached hydrogens (tertiary/aromatic N) is 1. The topological polar surface area (TPSA) is 4.93 Å². The van der Waals surface area contributed by atoms with Crippen molar-refractivity contribution in [2.75, 3.05) is 0 Å². The number of rotatable bonds is 1. The highest BCUT2D eigenvalue weighted by atomic mass is 15.0. The van der Waals surface area contributed by atoms with Gasteiger partial charge in [-0.1, -0.05) is 51.0 Å². The monoisotopic (exact) mass is 283 g/mol. The van der Waals surface area contributed by atoms with E-state index in [9.17, 15) is 0 Å². The van der Waals surface area contributed by atoms with Gasteiger partial charge in [0.15, 0.2) is 0 Å². The molecule has 0 aliphatic heterocycles. The fourth-order valence-electron chi connectivity index (χ4n) is 2.67. The molecule has 0 saturated carbocycles. The lowest BCUT2D eigenvalue weighted by molar-refractivity contribution is 0.827. The molecule has 3 aromatic rings. The van der Waals surface area contributed by atoms with E-state index in [1.165, 1.54) is 32.9 Å². The van der Waals surface area contributed by atoms with Crippen molar-refractivity contribution < 1.29 is 0 Å². The van der Waals surface area contributed by atoms with Crippen LogP contribution >= 0.6 is 0 Å². The summed E-state index contributed by atoms with van der Waals surface area (Å²) >= 11 is 0. The molecule has 0 aliphatic rings. The van der Waals surface area contributed by atoms with Gasteiger partial charge in [-0.2, -0.15) is 0 Å². The van der Waals surface area contributed by atoms with Gasteiger partial charge in [0, 0.05) is 28.4 Å². The predicted molar refractivity (Wildman–Crippen MR) is 97.3 cm³/mol. The zero-order valence-electron chi connectivity index (χ0n) is 14.6. The van der Waals surface area contributed by atoms with Crippen LogP contribution in [0, 0.1) is 13.8 Å².